The molecular weight excluding hydrogens is 211 g/mol. The lowest BCUT2D eigenvalue weighted by atomic mass is 10.0. The van der Waals surface area contributed by atoms with Crippen molar-refractivity contribution in [1.82, 2.24) is 0 Å². The van der Waals surface area contributed by atoms with Crippen LogP contribution in [0.25, 0.3) is 0 Å². The topological polar surface area (TPSA) is 0 Å². The fourth-order valence-electron chi connectivity index (χ4n) is 3.09. The minimum Gasteiger partial charge on any atom is -0.206 e. The van der Waals surface area contributed by atoms with Gasteiger partial charge in [0.15, 0.2) is 0 Å². The quantitative estimate of drug-likeness (QED) is 0.539. The van der Waals surface area contributed by atoms with E-state index in [2.05, 4.69) is 52.0 Å². The van der Waals surface area contributed by atoms with Crippen molar-refractivity contribution in [2.45, 2.75) is 51.9 Å². The lowest BCUT2D eigenvalue weighted by molar-refractivity contribution is 0.543. The Hall–Kier alpha value is -0.220. The standard InChI is InChI=1S/C15H24P/c1-11(2)14-9-10-15(12(3)4)16(14)13-7-5-6-8-13/h5-8,11-12,14-15H,9-10H2,1-4H3/q-1/t14-,15-/m0/s1. The SMILES string of the molecule is CC(C)[C@@H]1CC[C@@H](C(C)C)P1c1cc[cH-]c1. The van der Waals surface area contributed by atoms with Crippen molar-refractivity contribution < 1.29 is 0 Å². The van der Waals surface area contributed by atoms with Crippen molar-refractivity contribution in [3.05, 3.63) is 24.3 Å². The first-order chi connectivity index (χ1) is 7.61. The van der Waals surface area contributed by atoms with Crippen LogP contribution in [0.2, 0.25) is 0 Å². The Labute approximate surface area is 102 Å². The van der Waals surface area contributed by atoms with Gasteiger partial charge in [-0.15, -0.1) is 7.92 Å². The molecular formula is C15H24P-. The zero-order chi connectivity index (χ0) is 11.7. The Morgan fingerprint density at radius 3 is 2.06 bits per heavy atom. The maximum atomic E-state index is 2.41. The van der Waals surface area contributed by atoms with Gasteiger partial charge in [0.05, 0.1) is 0 Å². The maximum absolute atomic E-state index is 2.41. The van der Waals surface area contributed by atoms with Crippen LogP contribution in [0.1, 0.15) is 40.5 Å². The maximum Gasteiger partial charge on any atom is -0.0257 e. The molecule has 1 heterocycles. The molecule has 0 unspecified atom stereocenters. The average Bonchev–Trinajstić information content (AvgIpc) is 2.85. The van der Waals surface area contributed by atoms with Crippen molar-refractivity contribution in [3.63, 3.8) is 0 Å². The van der Waals surface area contributed by atoms with E-state index in [0.717, 1.165) is 23.2 Å². The lowest BCUT2D eigenvalue weighted by Gasteiger charge is -2.34. The molecule has 16 heavy (non-hydrogen) atoms. The molecule has 1 aromatic carbocycles. The molecule has 0 aromatic heterocycles. The van der Waals surface area contributed by atoms with Crippen LogP contribution in [0.5, 0.6) is 0 Å². The fraction of sp³-hybridized carbons (Fsp3) is 0.667. The van der Waals surface area contributed by atoms with Crippen molar-refractivity contribution in [3.8, 4) is 0 Å². The third-order valence-corrected chi connectivity index (χ3v) is 7.99. The molecule has 0 spiro atoms. The van der Waals surface area contributed by atoms with Gasteiger partial charge < -0.3 is 0 Å². The summed E-state index contributed by atoms with van der Waals surface area (Å²) in [6, 6.07) is 9.15. The third kappa shape index (κ3) is 2.23. The van der Waals surface area contributed by atoms with Crippen LogP contribution in [0.3, 0.4) is 0 Å². The first-order valence-electron chi connectivity index (χ1n) is 6.61. The third-order valence-electron chi connectivity index (χ3n) is 3.96. The Balaban J connectivity index is 2.26. The number of rotatable bonds is 3. The van der Waals surface area contributed by atoms with Crippen LogP contribution in [0.15, 0.2) is 24.3 Å². The first-order valence-corrected chi connectivity index (χ1v) is 8.09. The predicted molar refractivity (Wildman–Crippen MR) is 75.1 cm³/mol. The highest BCUT2D eigenvalue weighted by Crippen LogP contribution is 2.59. The van der Waals surface area contributed by atoms with Gasteiger partial charge in [0.25, 0.3) is 0 Å². The van der Waals surface area contributed by atoms with Crippen molar-refractivity contribution in [2.24, 2.45) is 11.8 Å². The summed E-state index contributed by atoms with van der Waals surface area (Å²) >= 11 is 0. The molecule has 0 radical (unpaired) electrons. The molecule has 2 rings (SSSR count). The van der Waals surface area contributed by atoms with E-state index in [1.165, 1.54) is 12.8 Å². The van der Waals surface area contributed by atoms with Crippen molar-refractivity contribution in [1.29, 1.82) is 0 Å². The zero-order valence-electron chi connectivity index (χ0n) is 11.0. The Morgan fingerprint density at radius 2 is 1.69 bits per heavy atom. The van der Waals surface area contributed by atoms with Gasteiger partial charge in [-0.05, 0) is 36.0 Å². The van der Waals surface area contributed by atoms with Gasteiger partial charge in [0.1, 0.15) is 0 Å². The molecule has 1 aromatic rings. The highest BCUT2D eigenvalue weighted by Gasteiger charge is 2.36. The summed E-state index contributed by atoms with van der Waals surface area (Å²) < 4.78 is 0. The van der Waals surface area contributed by atoms with Crippen LogP contribution < -0.4 is 5.30 Å². The molecule has 0 aliphatic carbocycles. The van der Waals surface area contributed by atoms with E-state index in [9.17, 15) is 0 Å². The zero-order valence-corrected chi connectivity index (χ0v) is 11.9. The summed E-state index contributed by atoms with van der Waals surface area (Å²) in [5.74, 6) is 1.70. The van der Waals surface area contributed by atoms with E-state index >= 15 is 0 Å². The Bertz CT molecular complexity index is 294. The van der Waals surface area contributed by atoms with Gasteiger partial charge in [0, 0.05) is 0 Å². The minimum atomic E-state index is 0.0910. The normalized spacial score (nSPS) is 27.1. The van der Waals surface area contributed by atoms with Crippen molar-refractivity contribution >= 4 is 13.2 Å². The largest absolute Gasteiger partial charge is 0.206 e. The average molecular weight is 235 g/mol. The Morgan fingerprint density at radius 1 is 1.12 bits per heavy atom. The van der Waals surface area contributed by atoms with Gasteiger partial charge in [-0.25, -0.2) is 6.07 Å². The van der Waals surface area contributed by atoms with Gasteiger partial charge in [-0.2, -0.15) is 23.5 Å². The van der Waals surface area contributed by atoms with E-state index in [4.69, 9.17) is 0 Å². The van der Waals surface area contributed by atoms with Crippen LogP contribution in [0.4, 0.5) is 0 Å². The molecule has 0 N–H and O–H groups in total. The van der Waals surface area contributed by atoms with Gasteiger partial charge in [-0.3, -0.25) is 0 Å². The van der Waals surface area contributed by atoms with E-state index in [-0.39, 0.29) is 7.92 Å². The second kappa shape index (κ2) is 4.96. The number of hydrogen-bond acceptors (Lipinski definition) is 0. The number of hydrogen-bond donors (Lipinski definition) is 0. The van der Waals surface area contributed by atoms with Crippen LogP contribution in [-0.2, 0) is 0 Å². The Kier molecular flexibility index (Phi) is 3.80. The van der Waals surface area contributed by atoms with Crippen LogP contribution in [-0.4, -0.2) is 11.3 Å². The van der Waals surface area contributed by atoms with Crippen molar-refractivity contribution in [2.75, 3.05) is 0 Å². The monoisotopic (exact) mass is 235 g/mol. The van der Waals surface area contributed by atoms with Crippen LogP contribution >= 0.6 is 7.92 Å². The summed E-state index contributed by atoms with van der Waals surface area (Å²) in [6.07, 6.45) is 2.91. The summed E-state index contributed by atoms with van der Waals surface area (Å²) in [7, 11) is 0.0910. The van der Waals surface area contributed by atoms with Gasteiger partial charge >= 0.3 is 0 Å². The molecule has 1 heteroatoms. The van der Waals surface area contributed by atoms with Gasteiger partial charge in [-0.1, -0.05) is 27.7 Å². The lowest BCUT2D eigenvalue weighted by Crippen LogP contribution is -2.20. The summed E-state index contributed by atoms with van der Waals surface area (Å²) in [5, 5.41) is 1.66. The van der Waals surface area contributed by atoms with E-state index < -0.39 is 0 Å². The molecule has 1 saturated heterocycles. The molecule has 90 valence electrons. The fourth-order valence-corrected chi connectivity index (χ4v) is 7.01. The highest BCUT2D eigenvalue weighted by molar-refractivity contribution is 7.67. The first kappa shape index (κ1) is 12.2. The molecule has 1 aliphatic rings. The van der Waals surface area contributed by atoms with E-state index in [0.29, 0.717) is 0 Å². The summed E-state index contributed by atoms with van der Waals surface area (Å²) in [5.41, 5.74) is 1.93. The molecule has 1 fully saturated rings. The van der Waals surface area contributed by atoms with E-state index in [1.807, 2.05) is 0 Å². The molecule has 0 amide bonds. The smallest absolute Gasteiger partial charge is 0.0257 e. The summed E-state index contributed by atoms with van der Waals surface area (Å²) in [4.78, 5) is 0. The minimum absolute atomic E-state index is 0.0910. The molecule has 0 bridgehead atoms. The molecule has 0 saturated carbocycles. The van der Waals surface area contributed by atoms with E-state index in [1.54, 1.807) is 5.30 Å². The molecule has 2 atom stereocenters. The van der Waals surface area contributed by atoms with Gasteiger partial charge in [0.2, 0.25) is 0 Å². The van der Waals surface area contributed by atoms with Crippen LogP contribution in [0, 0.1) is 11.8 Å². The predicted octanol–water partition coefficient (Wildman–Crippen LogP) is 4.36. The second-order valence-corrected chi connectivity index (χ2v) is 8.41. The summed E-state index contributed by atoms with van der Waals surface area (Å²) in [6.45, 7) is 9.63. The second-order valence-electron chi connectivity index (χ2n) is 5.75. The highest BCUT2D eigenvalue weighted by atomic mass is 31.1. The molecule has 0 nitrogen and oxygen atoms in total. The molecule has 1 aliphatic heterocycles.